The minimum Gasteiger partial charge on any atom is -0.507 e. The molecule has 2 aliphatic rings. The third-order valence-corrected chi connectivity index (χ3v) is 6.23. The quantitative estimate of drug-likeness (QED) is 0.657. The summed E-state index contributed by atoms with van der Waals surface area (Å²) in [6.07, 6.45) is 4.69. The number of carbonyl (C=O) groups is 1. The number of phenols is 1. The molecule has 3 rings (SSSR count). The number of hydrogen-bond donors (Lipinski definition) is 1. The number of phenolic OH excluding ortho intramolecular Hbond substituents is 1. The number of carbonyl (C=O) groups excluding carboxylic acids is 1. The molecule has 1 saturated carbocycles. The number of benzene rings is 1. The molecule has 1 aliphatic heterocycles. The molecule has 1 aliphatic carbocycles. The lowest BCUT2D eigenvalue weighted by atomic mass is 9.78. The number of ether oxygens (including phenoxy) is 1. The Morgan fingerprint density at radius 3 is 2.27 bits per heavy atom. The molecule has 1 N–H and O–H groups in total. The number of esters is 1. The zero-order valence-corrected chi connectivity index (χ0v) is 16.4. The Bertz CT molecular complexity index is 675. The van der Waals surface area contributed by atoms with Crippen LogP contribution in [0, 0.1) is 0 Å². The monoisotopic (exact) mass is 360 g/mol. The zero-order chi connectivity index (χ0) is 19.2. The summed E-state index contributed by atoms with van der Waals surface area (Å²) in [7, 11) is -0.584. The van der Waals surface area contributed by atoms with Crippen molar-refractivity contribution in [1.82, 2.24) is 0 Å². The van der Waals surface area contributed by atoms with Gasteiger partial charge in [-0.1, -0.05) is 13.0 Å². The normalized spacial score (nSPS) is 23.2. The van der Waals surface area contributed by atoms with E-state index in [9.17, 15) is 9.90 Å². The first-order valence-corrected chi connectivity index (χ1v) is 9.51. The smallest absolute Gasteiger partial charge is 0.494 e. The molecular formula is C20H29BO5. The molecule has 1 heterocycles. The Hall–Kier alpha value is -1.53. The van der Waals surface area contributed by atoms with E-state index in [0.717, 1.165) is 32.1 Å². The molecule has 0 aromatic heterocycles. The summed E-state index contributed by atoms with van der Waals surface area (Å²) in [5.41, 5.74) is -0.468. The Labute approximate surface area is 156 Å². The minimum absolute atomic E-state index is 0.0838. The molecule has 0 spiro atoms. The van der Waals surface area contributed by atoms with Gasteiger partial charge in [0.05, 0.1) is 11.2 Å². The number of rotatable bonds is 4. The van der Waals surface area contributed by atoms with Crippen LogP contribution < -0.4 is 5.46 Å². The molecule has 6 heteroatoms. The van der Waals surface area contributed by atoms with Crippen LogP contribution in [-0.2, 0) is 14.0 Å². The van der Waals surface area contributed by atoms with Crippen LogP contribution in [0.1, 0.15) is 77.1 Å². The summed E-state index contributed by atoms with van der Waals surface area (Å²) in [6.45, 7) is 9.96. The van der Waals surface area contributed by atoms with Crippen LogP contribution in [0.2, 0.25) is 0 Å². The molecule has 1 aromatic carbocycles. The van der Waals surface area contributed by atoms with E-state index in [1.807, 2.05) is 34.6 Å². The van der Waals surface area contributed by atoms with E-state index < -0.39 is 29.9 Å². The van der Waals surface area contributed by atoms with Gasteiger partial charge in [-0.25, -0.2) is 4.79 Å². The van der Waals surface area contributed by atoms with Crippen molar-refractivity contribution in [3.8, 4) is 5.75 Å². The highest BCUT2D eigenvalue weighted by Crippen LogP contribution is 2.38. The van der Waals surface area contributed by atoms with Gasteiger partial charge in [0.2, 0.25) is 0 Å². The molecule has 1 saturated heterocycles. The maximum atomic E-state index is 12.7. The van der Waals surface area contributed by atoms with Crippen molar-refractivity contribution in [2.45, 2.75) is 83.5 Å². The average molecular weight is 360 g/mol. The maximum absolute atomic E-state index is 12.7. The number of hydrogen-bond acceptors (Lipinski definition) is 5. The van der Waals surface area contributed by atoms with Crippen LogP contribution >= 0.6 is 0 Å². The molecule has 26 heavy (non-hydrogen) atoms. The molecule has 0 amide bonds. The van der Waals surface area contributed by atoms with E-state index in [4.69, 9.17) is 14.0 Å². The SMILES string of the molecule is CCC1(OC(=O)c2cc(B3OC(C)(C)C(C)(C)O3)ccc2O)CCCC1. The number of aromatic hydroxyl groups is 1. The van der Waals surface area contributed by atoms with Gasteiger partial charge in [-0.2, -0.15) is 0 Å². The van der Waals surface area contributed by atoms with Gasteiger partial charge >= 0.3 is 13.1 Å². The second-order valence-corrected chi connectivity index (χ2v) is 8.50. The summed E-state index contributed by atoms with van der Waals surface area (Å²) in [5.74, 6) is -0.566. The van der Waals surface area contributed by atoms with E-state index in [1.165, 1.54) is 6.07 Å². The van der Waals surface area contributed by atoms with Gasteiger partial charge in [0.25, 0.3) is 0 Å². The standard InChI is InChI=1S/C20H29BO5/c1-6-20(11-7-8-12-20)24-17(23)15-13-14(9-10-16(15)22)21-25-18(2,3)19(4,5)26-21/h9-10,13,22H,6-8,11-12H2,1-5H3. The molecular weight excluding hydrogens is 331 g/mol. The van der Waals surface area contributed by atoms with Crippen molar-refractivity contribution in [1.29, 1.82) is 0 Å². The highest BCUT2D eigenvalue weighted by atomic mass is 16.7. The summed E-state index contributed by atoms with van der Waals surface area (Å²) in [5, 5.41) is 10.2. The van der Waals surface area contributed by atoms with Crippen LogP contribution in [0.15, 0.2) is 18.2 Å². The Kier molecular flexibility index (Phi) is 4.86. The predicted molar refractivity (Wildman–Crippen MR) is 101 cm³/mol. The van der Waals surface area contributed by atoms with Gasteiger partial charge in [0, 0.05) is 0 Å². The van der Waals surface area contributed by atoms with Crippen LogP contribution in [0.4, 0.5) is 0 Å². The topological polar surface area (TPSA) is 65.0 Å². The fourth-order valence-corrected chi connectivity index (χ4v) is 3.64. The van der Waals surface area contributed by atoms with Crippen molar-refractivity contribution in [3.63, 3.8) is 0 Å². The van der Waals surface area contributed by atoms with Crippen molar-refractivity contribution < 1.29 is 23.9 Å². The zero-order valence-electron chi connectivity index (χ0n) is 16.4. The molecule has 2 fully saturated rings. The van der Waals surface area contributed by atoms with Crippen LogP contribution in [0.3, 0.4) is 0 Å². The first kappa shape index (κ1) is 19.2. The summed E-state index contributed by atoms with van der Waals surface area (Å²) in [6, 6.07) is 4.85. The van der Waals surface area contributed by atoms with Gasteiger partial charge < -0.3 is 19.2 Å². The van der Waals surface area contributed by atoms with Gasteiger partial charge in [-0.05, 0) is 77.4 Å². The third kappa shape index (κ3) is 3.37. The summed E-state index contributed by atoms with van der Waals surface area (Å²) < 4.78 is 17.9. The Morgan fingerprint density at radius 1 is 1.15 bits per heavy atom. The molecule has 5 nitrogen and oxygen atoms in total. The van der Waals surface area contributed by atoms with Gasteiger partial charge in [-0.3, -0.25) is 0 Å². The molecule has 0 unspecified atom stereocenters. The summed E-state index contributed by atoms with van der Waals surface area (Å²) in [4.78, 5) is 12.7. The molecule has 1 aromatic rings. The predicted octanol–water partition coefficient (Wildman–Crippen LogP) is 3.57. The van der Waals surface area contributed by atoms with Crippen LogP contribution in [0.25, 0.3) is 0 Å². The fraction of sp³-hybridized carbons (Fsp3) is 0.650. The Morgan fingerprint density at radius 2 is 1.73 bits per heavy atom. The molecule has 0 radical (unpaired) electrons. The minimum atomic E-state index is -0.584. The van der Waals surface area contributed by atoms with Crippen molar-refractivity contribution in [3.05, 3.63) is 23.8 Å². The van der Waals surface area contributed by atoms with Crippen molar-refractivity contribution >= 4 is 18.6 Å². The van der Waals surface area contributed by atoms with Gasteiger partial charge in [-0.15, -0.1) is 0 Å². The highest BCUT2D eigenvalue weighted by molar-refractivity contribution is 6.62. The highest BCUT2D eigenvalue weighted by Gasteiger charge is 2.52. The van der Waals surface area contributed by atoms with E-state index in [1.54, 1.807) is 12.1 Å². The van der Waals surface area contributed by atoms with E-state index in [2.05, 4.69) is 0 Å². The molecule has 0 bridgehead atoms. The average Bonchev–Trinajstić information content (AvgIpc) is 3.10. The van der Waals surface area contributed by atoms with Crippen LogP contribution in [-0.4, -0.2) is 35.0 Å². The maximum Gasteiger partial charge on any atom is 0.494 e. The first-order chi connectivity index (χ1) is 12.1. The van der Waals surface area contributed by atoms with Gasteiger partial charge in [0.15, 0.2) is 0 Å². The lowest BCUT2D eigenvalue weighted by Crippen LogP contribution is -2.41. The Balaban J connectivity index is 1.83. The van der Waals surface area contributed by atoms with E-state index in [-0.39, 0.29) is 11.3 Å². The second-order valence-electron chi connectivity index (χ2n) is 8.50. The summed E-state index contributed by atoms with van der Waals surface area (Å²) >= 11 is 0. The fourth-order valence-electron chi connectivity index (χ4n) is 3.64. The van der Waals surface area contributed by atoms with E-state index >= 15 is 0 Å². The van der Waals surface area contributed by atoms with Gasteiger partial charge in [0.1, 0.15) is 16.9 Å². The van der Waals surface area contributed by atoms with Crippen molar-refractivity contribution in [2.24, 2.45) is 0 Å². The second kappa shape index (κ2) is 6.57. The lowest BCUT2D eigenvalue weighted by Gasteiger charge is -2.32. The van der Waals surface area contributed by atoms with Crippen LogP contribution in [0.5, 0.6) is 5.75 Å². The first-order valence-electron chi connectivity index (χ1n) is 9.51. The largest absolute Gasteiger partial charge is 0.507 e. The molecule has 142 valence electrons. The molecule has 0 atom stereocenters. The van der Waals surface area contributed by atoms with E-state index in [0.29, 0.717) is 5.46 Å². The lowest BCUT2D eigenvalue weighted by molar-refractivity contribution is -0.0174. The third-order valence-electron chi connectivity index (χ3n) is 6.23. The van der Waals surface area contributed by atoms with Crippen molar-refractivity contribution in [2.75, 3.05) is 0 Å².